The Balaban J connectivity index is 1.99. The van der Waals surface area contributed by atoms with Crippen LogP contribution in [0.1, 0.15) is 16.1 Å². The molecule has 0 aliphatic carbocycles. The number of amides is 1. The van der Waals surface area contributed by atoms with Crippen molar-refractivity contribution < 1.29 is 31.5 Å². The lowest BCUT2D eigenvalue weighted by Crippen LogP contribution is -2.45. The van der Waals surface area contributed by atoms with Gasteiger partial charge in [-0.05, 0) is 24.3 Å². The number of hydrogen-bond donors (Lipinski definition) is 2. The van der Waals surface area contributed by atoms with Crippen LogP contribution >= 0.6 is 0 Å². The molecule has 6 nitrogen and oxygen atoms in total. The molecular weight excluding hydrogens is 387 g/mol. The van der Waals surface area contributed by atoms with Crippen LogP contribution in [0.3, 0.4) is 0 Å². The van der Waals surface area contributed by atoms with E-state index in [2.05, 4.69) is 15.3 Å². The average molecular weight is 400 g/mol. The van der Waals surface area contributed by atoms with Gasteiger partial charge in [0.1, 0.15) is 18.3 Å². The summed E-state index contributed by atoms with van der Waals surface area (Å²) < 4.78 is 73.8. The van der Waals surface area contributed by atoms with E-state index in [1.165, 1.54) is 0 Å². The normalized spacial score (nSPS) is 19.4. The van der Waals surface area contributed by atoms with E-state index in [0.29, 0.717) is 0 Å². The van der Waals surface area contributed by atoms with Crippen molar-refractivity contribution in [2.45, 2.75) is 12.0 Å². The fourth-order valence-electron chi connectivity index (χ4n) is 2.70. The van der Waals surface area contributed by atoms with Crippen molar-refractivity contribution in [1.82, 2.24) is 4.98 Å². The molecule has 0 fully saturated rings. The van der Waals surface area contributed by atoms with Gasteiger partial charge in [-0.1, -0.05) is 0 Å². The number of ether oxygens (including phenoxy) is 1. The highest BCUT2D eigenvalue weighted by molar-refractivity contribution is 6.03. The number of nitrogens with two attached hydrogens (primary N) is 1. The maximum atomic E-state index is 14.3. The Labute approximate surface area is 155 Å². The molecule has 1 amide bonds. The summed E-state index contributed by atoms with van der Waals surface area (Å²) in [7, 11) is 0. The molecule has 0 spiro atoms. The first-order chi connectivity index (χ1) is 13.2. The summed E-state index contributed by atoms with van der Waals surface area (Å²) in [5.74, 6) is -5.20. The van der Waals surface area contributed by atoms with Crippen molar-refractivity contribution in [3.63, 3.8) is 0 Å². The number of hydrogen-bond acceptors (Lipinski definition) is 5. The molecule has 148 valence electrons. The molecule has 11 heteroatoms. The molecule has 0 radical (unpaired) electrons. The second kappa shape index (κ2) is 7.50. The highest BCUT2D eigenvalue weighted by atomic mass is 19.3. The van der Waals surface area contributed by atoms with Crippen molar-refractivity contribution in [1.29, 1.82) is 0 Å². The number of aliphatic imine (C=N–C) groups is 1. The van der Waals surface area contributed by atoms with E-state index < -0.39 is 53.2 Å². The minimum absolute atomic E-state index is 0.161. The number of carbonyl (C=O) groups excluding carboxylic acids is 1. The van der Waals surface area contributed by atoms with Gasteiger partial charge in [0.15, 0.2) is 22.9 Å². The summed E-state index contributed by atoms with van der Waals surface area (Å²) in [6.45, 7) is -0.823. The van der Waals surface area contributed by atoms with E-state index in [1.807, 2.05) is 0 Å². The maximum Gasteiger partial charge on any atom is 0.277 e. The van der Waals surface area contributed by atoms with Crippen molar-refractivity contribution in [2.75, 3.05) is 18.5 Å². The lowest BCUT2D eigenvalue weighted by Gasteiger charge is -2.33. The predicted octanol–water partition coefficient (Wildman–Crippen LogP) is 2.60. The van der Waals surface area contributed by atoms with Gasteiger partial charge in [-0.25, -0.2) is 26.9 Å². The highest BCUT2D eigenvalue weighted by Gasteiger charge is 2.46. The Bertz CT molecular complexity index is 953. The van der Waals surface area contributed by atoms with Crippen LogP contribution in [0.15, 0.2) is 35.5 Å². The molecule has 0 saturated carbocycles. The van der Waals surface area contributed by atoms with Crippen LogP contribution in [0.2, 0.25) is 0 Å². The Morgan fingerprint density at radius 2 is 1.96 bits per heavy atom. The topological polar surface area (TPSA) is 89.6 Å². The molecule has 3 N–H and O–H groups in total. The predicted molar refractivity (Wildman–Crippen MR) is 88.6 cm³/mol. The summed E-state index contributed by atoms with van der Waals surface area (Å²) in [6.07, 6.45) is -2.29. The summed E-state index contributed by atoms with van der Waals surface area (Å²) in [5.41, 5.74) is 1.48. The molecule has 2 aromatic rings. The van der Waals surface area contributed by atoms with Gasteiger partial charge < -0.3 is 15.8 Å². The van der Waals surface area contributed by atoms with Gasteiger partial charge in [-0.2, -0.15) is 0 Å². The van der Waals surface area contributed by atoms with Crippen LogP contribution in [0.4, 0.5) is 27.6 Å². The van der Waals surface area contributed by atoms with E-state index >= 15 is 0 Å². The van der Waals surface area contributed by atoms with Crippen LogP contribution < -0.4 is 11.1 Å². The van der Waals surface area contributed by atoms with E-state index in [4.69, 9.17) is 10.5 Å². The first kappa shape index (κ1) is 19.7. The van der Waals surface area contributed by atoms with E-state index in [1.54, 1.807) is 0 Å². The molecule has 0 bridgehead atoms. The van der Waals surface area contributed by atoms with Crippen molar-refractivity contribution in [2.24, 2.45) is 10.7 Å². The second-order valence-corrected chi connectivity index (χ2v) is 5.93. The van der Waals surface area contributed by atoms with E-state index in [0.717, 1.165) is 30.5 Å². The summed E-state index contributed by atoms with van der Waals surface area (Å²) in [5, 5.41) is 2.16. The molecule has 1 aliphatic heterocycles. The molecule has 1 aliphatic rings. The van der Waals surface area contributed by atoms with E-state index in [-0.39, 0.29) is 18.1 Å². The third kappa shape index (κ3) is 3.52. The summed E-state index contributed by atoms with van der Waals surface area (Å²) >= 11 is 0. The number of nitrogens with one attached hydrogen (secondary N) is 1. The van der Waals surface area contributed by atoms with Gasteiger partial charge >= 0.3 is 0 Å². The Kier molecular flexibility index (Phi) is 5.27. The third-order valence-corrected chi connectivity index (χ3v) is 4.02. The number of nitrogens with zero attached hydrogens (tertiary/aromatic N) is 2. The number of amidine groups is 1. The lowest BCUT2D eigenvalue weighted by molar-refractivity contribution is -0.0145. The number of aromatic nitrogens is 1. The smallest absolute Gasteiger partial charge is 0.277 e. The van der Waals surface area contributed by atoms with Crippen LogP contribution in [-0.4, -0.2) is 36.4 Å². The van der Waals surface area contributed by atoms with Crippen molar-refractivity contribution in [3.8, 4) is 0 Å². The van der Waals surface area contributed by atoms with Crippen LogP contribution in [0.5, 0.6) is 0 Å². The van der Waals surface area contributed by atoms with Gasteiger partial charge in [-0.3, -0.25) is 9.79 Å². The Morgan fingerprint density at radius 3 is 2.64 bits per heavy atom. The van der Waals surface area contributed by atoms with Crippen molar-refractivity contribution >= 4 is 17.4 Å². The third-order valence-electron chi connectivity index (χ3n) is 4.02. The monoisotopic (exact) mass is 400 g/mol. The summed E-state index contributed by atoms with van der Waals surface area (Å²) in [4.78, 5) is 19.3. The number of anilines is 1. The fraction of sp³-hybridized carbons (Fsp3) is 0.235. The highest BCUT2D eigenvalue weighted by Crippen LogP contribution is 2.38. The quantitative estimate of drug-likeness (QED) is 0.773. The standard InChI is InChI=1S/C17H13F5N4O2/c18-10-2-1-8(25-15(27)14-13(20)11(19)3-4-24-14)5-9(10)17(16(21)22)7-28-6-12(23)26-17/h1-5,16H,6-7H2,(H2,23,26)(H,25,27)/t17-/m0/s1. The van der Waals surface area contributed by atoms with Gasteiger partial charge in [0.2, 0.25) is 0 Å². The zero-order chi connectivity index (χ0) is 20.5. The molecule has 28 heavy (non-hydrogen) atoms. The molecule has 3 rings (SSSR count). The maximum absolute atomic E-state index is 14.3. The van der Waals surface area contributed by atoms with Gasteiger partial charge in [0.25, 0.3) is 12.3 Å². The molecule has 0 unspecified atom stereocenters. The zero-order valence-corrected chi connectivity index (χ0v) is 14.1. The molecule has 0 saturated heterocycles. The van der Waals surface area contributed by atoms with Gasteiger partial charge in [0, 0.05) is 17.4 Å². The van der Waals surface area contributed by atoms with Gasteiger partial charge in [0.05, 0.1) is 6.61 Å². The first-order valence-electron chi connectivity index (χ1n) is 7.86. The largest absolute Gasteiger partial charge is 0.385 e. The van der Waals surface area contributed by atoms with Gasteiger partial charge in [-0.15, -0.1) is 0 Å². The SMILES string of the molecule is NC1=N[C@@](c2cc(NC(=O)c3nccc(F)c3F)ccc2F)(C(F)F)COC1. The number of halogens is 5. The number of alkyl halides is 2. The van der Waals surface area contributed by atoms with Crippen LogP contribution in [0.25, 0.3) is 0 Å². The Hall–Kier alpha value is -3.08. The first-order valence-corrected chi connectivity index (χ1v) is 7.86. The summed E-state index contributed by atoms with van der Waals surface area (Å²) in [6, 6.07) is 3.51. The van der Waals surface area contributed by atoms with Crippen molar-refractivity contribution in [3.05, 3.63) is 59.2 Å². The molecular formula is C17H13F5N4O2. The van der Waals surface area contributed by atoms with Crippen LogP contribution in [0, 0.1) is 17.5 Å². The average Bonchev–Trinajstić information content (AvgIpc) is 2.65. The molecule has 1 aromatic heterocycles. The molecule has 1 atom stereocenters. The second-order valence-electron chi connectivity index (χ2n) is 5.93. The number of pyridine rings is 1. The Morgan fingerprint density at radius 1 is 1.21 bits per heavy atom. The number of rotatable bonds is 4. The lowest BCUT2D eigenvalue weighted by atomic mass is 9.90. The minimum atomic E-state index is -3.17. The molecule has 2 heterocycles. The number of benzene rings is 1. The zero-order valence-electron chi connectivity index (χ0n) is 14.1. The minimum Gasteiger partial charge on any atom is -0.385 e. The van der Waals surface area contributed by atoms with E-state index in [9.17, 15) is 26.7 Å². The number of carbonyl (C=O) groups is 1. The fourth-order valence-corrected chi connectivity index (χ4v) is 2.70. The molecule has 1 aromatic carbocycles. The van der Waals surface area contributed by atoms with Crippen LogP contribution in [-0.2, 0) is 10.3 Å².